The van der Waals surface area contributed by atoms with E-state index in [1.54, 1.807) is 18.2 Å². The molecule has 0 atom stereocenters. The molecule has 0 saturated carbocycles. The SMILES string of the molecule is COCCN(CCCl)Cc1ccc2c(c1)CCC2. The van der Waals surface area contributed by atoms with Gasteiger partial charge in [0.1, 0.15) is 0 Å². The van der Waals surface area contributed by atoms with Crippen LogP contribution in [0.25, 0.3) is 0 Å². The van der Waals surface area contributed by atoms with E-state index in [1.165, 1.54) is 24.8 Å². The molecule has 18 heavy (non-hydrogen) atoms. The van der Waals surface area contributed by atoms with E-state index in [2.05, 4.69) is 23.1 Å². The average molecular weight is 268 g/mol. The molecule has 0 saturated heterocycles. The van der Waals surface area contributed by atoms with E-state index in [0.717, 1.165) is 26.2 Å². The average Bonchev–Trinajstić information content (AvgIpc) is 2.83. The third-order valence-corrected chi connectivity index (χ3v) is 3.75. The number of nitrogens with zero attached hydrogens (tertiary/aromatic N) is 1. The molecule has 2 nitrogen and oxygen atoms in total. The first-order chi connectivity index (χ1) is 8.83. The number of methoxy groups -OCH3 is 1. The summed E-state index contributed by atoms with van der Waals surface area (Å²) in [6.45, 7) is 3.60. The molecule has 0 radical (unpaired) electrons. The quantitative estimate of drug-likeness (QED) is 0.705. The molecule has 3 heteroatoms. The van der Waals surface area contributed by atoms with Crippen molar-refractivity contribution in [1.82, 2.24) is 4.90 Å². The first kappa shape index (κ1) is 13.9. The lowest BCUT2D eigenvalue weighted by Gasteiger charge is -2.21. The molecule has 1 aliphatic carbocycles. The van der Waals surface area contributed by atoms with Crippen LogP contribution in [0.2, 0.25) is 0 Å². The molecule has 0 N–H and O–H groups in total. The van der Waals surface area contributed by atoms with Crippen LogP contribution >= 0.6 is 11.6 Å². The van der Waals surface area contributed by atoms with Gasteiger partial charge < -0.3 is 4.74 Å². The second kappa shape index (κ2) is 7.13. The van der Waals surface area contributed by atoms with Crippen molar-refractivity contribution in [3.8, 4) is 0 Å². The number of hydrogen-bond donors (Lipinski definition) is 0. The Bertz CT molecular complexity index is 381. The minimum Gasteiger partial charge on any atom is -0.383 e. The number of aryl methyl sites for hydroxylation is 2. The topological polar surface area (TPSA) is 12.5 Å². The van der Waals surface area contributed by atoms with Crippen molar-refractivity contribution in [1.29, 1.82) is 0 Å². The lowest BCUT2D eigenvalue weighted by molar-refractivity contribution is 0.148. The molecule has 100 valence electrons. The third kappa shape index (κ3) is 3.71. The highest BCUT2D eigenvalue weighted by atomic mass is 35.5. The van der Waals surface area contributed by atoms with Crippen LogP contribution in [0.5, 0.6) is 0 Å². The van der Waals surface area contributed by atoms with Crippen LogP contribution in [0.4, 0.5) is 0 Å². The molecule has 1 aromatic rings. The maximum absolute atomic E-state index is 5.85. The smallest absolute Gasteiger partial charge is 0.0589 e. The molecule has 1 aliphatic rings. The Morgan fingerprint density at radius 3 is 2.83 bits per heavy atom. The van der Waals surface area contributed by atoms with Crippen molar-refractivity contribution in [3.05, 3.63) is 34.9 Å². The Hall–Kier alpha value is -0.570. The monoisotopic (exact) mass is 267 g/mol. The molecule has 0 amide bonds. The fraction of sp³-hybridized carbons (Fsp3) is 0.600. The normalized spacial score (nSPS) is 14.2. The van der Waals surface area contributed by atoms with Gasteiger partial charge in [0.2, 0.25) is 0 Å². The molecular weight excluding hydrogens is 246 g/mol. The van der Waals surface area contributed by atoms with Gasteiger partial charge in [0.25, 0.3) is 0 Å². The van der Waals surface area contributed by atoms with Gasteiger partial charge in [-0.15, -0.1) is 11.6 Å². The van der Waals surface area contributed by atoms with Crippen LogP contribution in [0, 0.1) is 0 Å². The number of alkyl halides is 1. The lowest BCUT2D eigenvalue weighted by atomic mass is 10.1. The molecule has 2 rings (SSSR count). The summed E-state index contributed by atoms with van der Waals surface area (Å²) in [6.07, 6.45) is 3.81. The predicted octanol–water partition coefficient (Wildman–Crippen LogP) is 2.86. The fourth-order valence-electron chi connectivity index (χ4n) is 2.59. The third-order valence-electron chi connectivity index (χ3n) is 3.58. The number of fused-ring (bicyclic) bond motifs is 1. The second-order valence-corrected chi connectivity index (χ2v) is 5.29. The summed E-state index contributed by atoms with van der Waals surface area (Å²) in [5.74, 6) is 0.675. The van der Waals surface area contributed by atoms with E-state index in [9.17, 15) is 0 Å². The van der Waals surface area contributed by atoms with Crippen LogP contribution in [0.3, 0.4) is 0 Å². The Labute approximate surface area is 115 Å². The summed E-state index contributed by atoms with van der Waals surface area (Å²) >= 11 is 5.85. The number of benzene rings is 1. The van der Waals surface area contributed by atoms with Crippen molar-refractivity contribution in [2.75, 3.05) is 32.7 Å². The molecule has 0 aliphatic heterocycles. The van der Waals surface area contributed by atoms with E-state index < -0.39 is 0 Å². The maximum Gasteiger partial charge on any atom is 0.0589 e. The van der Waals surface area contributed by atoms with E-state index in [0.29, 0.717) is 5.88 Å². The number of halogens is 1. The summed E-state index contributed by atoms with van der Waals surface area (Å²) in [5, 5.41) is 0. The first-order valence-corrected chi connectivity index (χ1v) is 7.25. The van der Waals surface area contributed by atoms with Gasteiger partial charge in [-0.2, -0.15) is 0 Å². The van der Waals surface area contributed by atoms with E-state index in [1.807, 2.05) is 0 Å². The summed E-state index contributed by atoms with van der Waals surface area (Å²) in [4.78, 5) is 2.35. The Balaban J connectivity index is 1.97. The standard InChI is InChI=1S/C15H22ClNO/c1-18-10-9-17(8-7-16)12-13-5-6-14-3-2-4-15(14)11-13/h5-6,11H,2-4,7-10,12H2,1H3. The van der Waals surface area contributed by atoms with Gasteiger partial charge in [-0.1, -0.05) is 18.2 Å². The Morgan fingerprint density at radius 2 is 2.06 bits per heavy atom. The minimum absolute atomic E-state index is 0.675. The van der Waals surface area contributed by atoms with Gasteiger partial charge in [-0.3, -0.25) is 4.90 Å². The number of hydrogen-bond acceptors (Lipinski definition) is 2. The molecule has 0 heterocycles. The van der Waals surface area contributed by atoms with Gasteiger partial charge in [0.15, 0.2) is 0 Å². The highest BCUT2D eigenvalue weighted by Gasteiger charge is 2.12. The highest BCUT2D eigenvalue weighted by Crippen LogP contribution is 2.23. The van der Waals surface area contributed by atoms with Crippen LogP contribution in [0.15, 0.2) is 18.2 Å². The van der Waals surface area contributed by atoms with E-state index >= 15 is 0 Å². The fourth-order valence-corrected chi connectivity index (χ4v) is 2.83. The minimum atomic E-state index is 0.675. The zero-order valence-electron chi connectivity index (χ0n) is 11.1. The molecule has 0 unspecified atom stereocenters. The van der Waals surface area contributed by atoms with Crippen LogP contribution in [0.1, 0.15) is 23.1 Å². The molecular formula is C15H22ClNO. The Morgan fingerprint density at radius 1 is 1.22 bits per heavy atom. The summed E-state index contributed by atoms with van der Waals surface area (Å²) < 4.78 is 5.15. The maximum atomic E-state index is 5.85. The van der Waals surface area contributed by atoms with Crippen molar-refractivity contribution in [2.45, 2.75) is 25.8 Å². The van der Waals surface area contributed by atoms with Gasteiger partial charge in [0, 0.05) is 32.6 Å². The Kier molecular flexibility index (Phi) is 5.48. The first-order valence-electron chi connectivity index (χ1n) is 6.71. The largest absolute Gasteiger partial charge is 0.383 e. The van der Waals surface area contributed by atoms with E-state index in [4.69, 9.17) is 16.3 Å². The lowest BCUT2D eigenvalue weighted by Crippen LogP contribution is -2.29. The van der Waals surface area contributed by atoms with Crippen molar-refractivity contribution < 1.29 is 4.74 Å². The zero-order chi connectivity index (χ0) is 12.8. The zero-order valence-corrected chi connectivity index (χ0v) is 11.9. The van der Waals surface area contributed by atoms with Crippen molar-refractivity contribution >= 4 is 11.6 Å². The van der Waals surface area contributed by atoms with Gasteiger partial charge in [-0.05, 0) is 36.0 Å². The number of ether oxygens (including phenoxy) is 1. The molecule has 0 fully saturated rings. The van der Waals surface area contributed by atoms with Crippen LogP contribution in [-0.4, -0.2) is 37.6 Å². The molecule has 1 aromatic carbocycles. The molecule has 0 aromatic heterocycles. The number of rotatable bonds is 7. The predicted molar refractivity (Wildman–Crippen MR) is 76.3 cm³/mol. The summed E-state index contributed by atoms with van der Waals surface area (Å²) in [7, 11) is 1.74. The highest BCUT2D eigenvalue weighted by molar-refractivity contribution is 6.18. The summed E-state index contributed by atoms with van der Waals surface area (Å²) in [6, 6.07) is 6.93. The molecule has 0 bridgehead atoms. The van der Waals surface area contributed by atoms with Crippen molar-refractivity contribution in [2.24, 2.45) is 0 Å². The van der Waals surface area contributed by atoms with Crippen molar-refractivity contribution in [3.63, 3.8) is 0 Å². The van der Waals surface area contributed by atoms with Gasteiger partial charge in [-0.25, -0.2) is 0 Å². The molecule has 0 spiro atoms. The van der Waals surface area contributed by atoms with E-state index in [-0.39, 0.29) is 0 Å². The van der Waals surface area contributed by atoms with Gasteiger partial charge >= 0.3 is 0 Å². The van der Waals surface area contributed by atoms with Crippen LogP contribution < -0.4 is 0 Å². The van der Waals surface area contributed by atoms with Gasteiger partial charge in [0.05, 0.1) is 6.61 Å². The summed E-state index contributed by atoms with van der Waals surface area (Å²) in [5.41, 5.74) is 4.49. The van der Waals surface area contributed by atoms with Crippen LogP contribution in [-0.2, 0) is 24.1 Å². The second-order valence-electron chi connectivity index (χ2n) is 4.91.